The molecular formula is C8H14O5S. The van der Waals surface area contributed by atoms with Crippen molar-refractivity contribution in [3.05, 3.63) is 0 Å². The van der Waals surface area contributed by atoms with Crippen LogP contribution in [0.25, 0.3) is 0 Å². The average Bonchev–Trinajstić information content (AvgIpc) is 2.70. The zero-order valence-electron chi connectivity index (χ0n) is 7.76. The van der Waals surface area contributed by atoms with E-state index in [1.165, 1.54) is 0 Å². The molecule has 0 aromatic carbocycles. The normalized spacial score (nSPS) is 41.6. The van der Waals surface area contributed by atoms with Crippen LogP contribution in [0.3, 0.4) is 0 Å². The van der Waals surface area contributed by atoms with Gasteiger partial charge in [0.2, 0.25) is 0 Å². The highest BCUT2D eigenvalue weighted by Crippen LogP contribution is 2.28. The summed E-state index contributed by atoms with van der Waals surface area (Å²) in [5, 5.41) is 8.27. The van der Waals surface area contributed by atoms with Crippen LogP contribution in [0.2, 0.25) is 0 Å². The van der Waals surface area contributed by atoms with E-state index in [0.717, 1.165) is 0 Å². The lowest BCUT2D eigenvalue weighted by Crippen LogP contribution is -2.32. The first-order chi connectivity index (χ1) is 6.63. The number of aliphatic hydroxyl groups excluding tert-OH is 1. The molecule has 0 aromatic heterocycles. The Morgan fingerprint density at radius 1 is 1.43 bits per heavy atom. The third-order valence-electron chi connectivity index (χ3n) is 2.66. The molecule has 2 fully saturated rings. The lowest BCUT2D eigenvalue weighted by Gasteiger charge is -2.16. The van der Waals surface area contributed by atoms with Gasteiger partial charge >= 0.3 is 0 Å². The molecule has 2 aliphatic heterocycles. The van der Waals surface area contributed by atoms with Crippen LogP contribution in [0.4, 0.5) is 0 Å². The van der Waals surface area contributed by atoms with Crippen LogP contribution in [0, 0.1) is 0 Å². The summed E-state index contributed by atoms with van der Waals surface area (Å²) in [6.07, 6.45) is 0.251. The van der Waals surface area contributed by atoms with E-state index >= 15 is 0 Å². The first kappa shape index (κ1) is 10.4. The largest absolute Gasteiger partial charge is 0.394 e. The average molecular weight is 222 g/mol. The maximum Gasteiger partial charge on any atom is 0.174 e. The zero-order chi connectivity index (χ0) is 10.2. The Morgan fingerprint density at radius 3 is 2.71 bits per heavy atom. The quantitative estimate of drug-likeness (QED) is 0.668. The van der Waals surface area contributed by atoms with Crippen molar-refractivity contribution in [3.63, 3.8) is 0 Å². The summed E-state index contributed by atoms with van der Waals surface area (Å²) in [5.41, 5.74) is 0. The van der Waals surface area contributed by atoms with E-state index in [1.807, 2.05) is 0 Å². The number of aliphatic hydroxyl groups is 1. The van der Waals surface area contributed by atoms with E-state index in [9.17, 15) is 8.42 Å². The summed E-state index contributed by atoms with van der Waals surface area (Å²) in [5.74, 6) is 0.227. The SMILES string of the molecule is O=S1(=O)CCCC1C1OCC(CO)O1. The van der Waals surface area contributed by atoms with Crippen LogP contribution in [0.5, 0.6) is 0 Å². The fraction of sp³-hybridized carbons (Fsp3) is 1.00. The van der Waals surface area contributed by atoms with Crippen molar-refractivity contribution in [1.29, 1.82) is 0 Å². The van der Waals surface area contributed by atoms with E-state index in [4.69, 9.17) is 14.6 Å². The number of rotatable bonds is 2. The summed E-state index contributed by atoms with van der Waals surface area (Å²) in [7, 11) is -3.03. The molecule has 3 unspecified atom stereocenters. The van der Waals surface area contributed by atoms with Crippen molar-refractivity contribution < 1.29 is 23.0 Å². The number of ether oxygens (including phenoxy) is 2. The van der Waals surface area contributed by atoms with E-state index in [-0.39, 0.29) is 25.1 Å². The summed E-state index contributed by atoms with van der Waals surface area (Å²) in [6, 6.07) is 0. The maximum atomic E-state index is 11.5. The maximum absolute atomic E-state index is 11.5. The van der Waals surface area contributed by atoms with Gasteiger partial charge in [-0.3, -0.25) is 0 Å². The molecule has 3 atom stereocenters. The monoisotopic (exact) mass is 222 g/mol. The highest BCUT2D eigenvalue weighted by atomic mass is 32.2. The molecule has 6 heteroatoms. The third-order valence-corrected chi connectivity index (χ3v) is 4.90. The molecule has 1 N–H and O–H groups in total. The molecule has 14 heavy (non-hydrogen) atoms. The molecular weight excluding hydrogens is 208 g/mol. The molecule has 0 amide bonds. The van der Waals surface area contributed by atoms with Gasteiger partial charge in [0.1, 0.15) is 11.4 Å². The van der Waals surface area contributed by atoms with E-state index in [1.54, 1.807) is 0 Å². The second-order valence-corrected chi connectivity index (χ2v) is 6.03. The van der Waals surface area contributed by atoms with Crippen LogP contribution in [-0.4, -0.2) is 50.1 Å². The van der Waals surface area contributed by atoms with Crippen molar-refractivity contribution in [2.24, 2.45) is 0 Å². The molecule has 82 valence electrons. The van der Waals surface area contributed by atoms with Gasteiger partial charge < -0.3 is 14.6 Å². The van der Waals surface area contributed by atoms with Crippen LogP contribution >= 0.6 is 0 Å². The summed E-state index contributed by atoms with van der Waals surface area (Å²) >= 11 is 0. The molecule has 0 aromatic rings. The minimum Gasteiger partial charge on any atom is -0.394 e. The smallest absolute Gasteiger partial charge is 0.174 e. The zero-order valence-corrected chi connectivity index (χ0v) is 8.57. The number of sulfone groups is 1. The first-order valence-corrected chi connectivity index (χ1v) is 6.44. The number of hydrogen-bond donors (Lipinski definition) is 1. The molecule has 5 nitrogen and oxygen atoms in total. The Hall–Kier alpha value is -0.170. The first-order valence-electron chi connectivity index (χ1n) is 4.73. The van der Waals surface area contributed by atoms with Crippen LogP contribution in [-0.2, 0) is 19.3 Å². The lowest BCUT2D eigenvalue weighted by atomic mass is 10.2. The molecule has 0 radical (unpaired) electrons. The van der Waals surface area contributed by atoms with Gasteiger partial charge in [-0.25, -0.2) is 8.42 Å². The third kappa shape index (κ3) is 1.79. The fourth-order valence-electron chi connectivity index (χ4n) is 1.88. The predicted octanol–water partition coefficient (Wildman–Crippen LogP) is -0.703. The van der Waals surface area contributed by atoms with Crippen molar-refractivity contribution >= 4 is 9.84 Å². The molecule has 2 heterocycles. The van der Waals surface area contributed by atoms with Gasteiger partial charge in [0.05, 0.1) is 19.0 Å². The molecule has 0 bridgehead atoms. The molecule has 0 aliphatic carbocycles. The Bertz CT molecular complexity index is 299. The molecule has 2 rings (SSSR count). The fourth-order valence-corrected chi connectivity index (χ4v) is 3.76. The Labute approximate surface area is 82.9 Å². The van der Waals surface area contributed by atoms with Crippen molar-refractivity contribution in [2.75, 3.05) is 19.0 Å². The number of hydrogen-bond acceptors (Lipinski definition) is 5. The molecule has 2 aliphatic rings. The van der Waals surface area contributed by atoms with Gasteiger partial charge in [-0.15, -0.1) is 0 Å². The van der Waals surface area contributed by atoms with Gasteiger partial charge in [-0.05, 0) is 12.8 Å². The lowest BCUT2D eigenvalue weighted by molar-refractivity contribution is -0.0659. The topological polar surface area (TPSA) is 72.8 Å². The minimum atomic E-state index is -3.03. The van der Waals surface area contributed by atoms with Gasteiger partial charge in [-0.2, -0.15) is 0 Å². The molecule has 0 spiro atoms. The second kappa shape index (κ2) is 3.77. The highest BCUT2D eigenvalue weighted by molar-refractivity contribution is 7.92. The Balaban J connectivity index is 2.03. The Kier molecular flexibility index (Phi) is 2.79. The summed E-state index contributed by atoms with van der Waals surface area (Å²) in [6.45, 7) is 0.163. The van der Waals surface area contributed by atoms with Gasteiger partial charge in [0.25, 0.3) is 0 Å². The summed E-state index contributed by atoms with van der Waals surface area (Å²) in [4.78, 5) is 0. The summed E-state index contributed by atoms with van der Waals surface area (Å²) < 4.78 is 33.5. The second-order valence-electron chi connectivity index (χ2n) is 3.69. The van der Waals surface area contributed by atoms with Crippen LogP contribution in [0.15, 0.2) is 0 Å². The minimum absolute atomic E-state index is 0.122. The standard InChI is InChI=1S/C8H14O5S/c9-4-6-5-12-8(13-6)7-2-1-3-14(7,10)11/h6-9H,1-5H2. The van der Waals surface area contributed by atoms with Crippen LogP contribution in [0.1, 0.15) is 12.8 Å². The van der Waals surface area contributed by atoms with Crippen molar-refractivity contribution in [1.82, 2.24) is 0 Å². The van der Waals surface area contributed by atoms with Gasteiger partial charge in [0.15, 0.2) is 16.1 Å². The van der Waals surface area contributed by atoms with E-state index < -0.39 is 21.4 Å². The van der Waals surface area contributed by atoms with Crippen molar-refractivity contribution in [3.8, 4) is 0 Å². The van der Waals surface area contributed by atoms with E-state index in [2.05, 4.69) is 0 Å². The molecule has 2 saturated heterocycles. The highest BCUT2D eigenvalue weighted by Gasteiger charge is 2.42. The van der Waals surface area contributed by atoms with Gasteiger partial charge in [0, 0.05) is 0 Å². The Morgan fingerprint density at radius 2 is 2.21 bits per heavy atom. The van der Waals surface area contributed by atoms with Crippen LogP contribution < -0.4 is 0 Å². The predicted molar refractivity (Wildman–Crippen MR) is 48.5 cm³/mol. The van der Waals surface area contributed by atoms with E-state index in [0.29, 0.717) is 12.8 Å². The molecule has 0 saturated carbocycles. The van der Waals surface area contributed by atoms with Gasteiger partial charge in [-0.1, -0.05) is 0 Å². The van der Waals surface area contributed by atoms with Crippen molar-refractivity contribution in [2.45, 2.75) is 30.5 Å².